The van der Waals surface area contributed by atoms with Gasteiger partial charge in [0, 0.05) is 0 Å². The third-order valence-corrected chi connectivity index (χ3v) is 4.51. The number of nitrogens with one attached hydrogen (secondary N) is 1. The van der Waals surface area contributed by atoms with Crippen molar-refractivity contribution >= 4 is 23.6 Å². The Kier molecular flexibility index (Phi) is 7.65. The quantitative estimate of drug-likeness (QED) is 0.323. The van der Waals surface area contributed by atoms with Gasteiger partial charge in [0.2, 0.25) is 5.91 Å². The predicted octanol–water partition coefficient (Wildman–Crippen LogP) is 0.194. The number of carboxylic acid groups (broad SMARTS) is 1. The Morgan fingerprint density at radius 1 is 1.25 bits per heavy atom. The first-order valence-corrected chi connectivity index (χ1v) is 8.78. The third kappa shape index (κ3) is 5.86. The van der Waals surface area contributed by atoms with E-state index >= 15 is 0 Å². The molecule has 1 amide bonds. The van der Waals surface area contributed by atoms with E-state index in [0.29, 0.717) is 5.56 Å². The minimum absolute atomic E-state index is 0.0971. The number of benzene rings is 1. The van der Waals surface area contributed by atoms with E-state index in [0.717, 1.165) is 5.56 Å². The first-order valence-electron chi connectivity index (χ1n) is 9.18. The number of amides is 1. The Bertz CT molecular complexity index is 755. The highest BCUT2D eigenvalue weighted by molar-refractivity contribution is 6.13. The van der Waals surface area contributed by atoms with E-state index < -0.39 is 47.7 Å². The molecule has 0 aliphatic rings. The van der Waals surface area contributed by atoms with Crippen molar-refractivity contribution in [2.75, 3.05) is 7.11 Å². The second kappa shape index (κ2) is 9.95. The zero-order valence-electron chi connectivity index (χ0n) is 17.2. The van der Waals surface area contributed by atoms with E-state index in [1.807, 2.05) is 19.1 Å². The van der Waals surface area contributed by atoms with Gasteiger partial charge in [-0.15, -0.1) is 0 Å². The van der Waals surface area contributed by atoms with E-state index in [4.69, 9.17) is 12.9 Å². The van der Waals surface area contributed by atoms with Crippen molar-refractivity contribution in [1.29, 1.82) is 1.43 Å². The van der Waals surface area contributed by atoms with Gasteiger partial charge in [-0.1, -0.05) is 36.8 Å². The molecule has 1 rings (SSSR count). The van der Waals surface area contributed by atoms with Gasteiger partial charge in [0.15, 0.2) is 11.3 Å². The number of hydrogen-bond donors (Lipinski definition) is 4. The molecular weight excluding hydrogens is 366 g/mol. The van der Waals surface area contributed by atoms with Crippen LogP contribution < -0.4 is 16.8 Å². The number of hydrogen-bond acceptors (Lipinski definition) is 8. The fraction of sp³-hybridized carbons (Fsp3) is 0.474. The first-order chi connectivity index (χ1) is 13.6. The van der Waals surface area contributed by atoms with Crippen molar-refractivity contribution < 1.29 is 29.0 Å². The highest BCUT2D eigenvalue weighted by Crippen LogP contribution is 2.21. The molecule has 0 bridgehead atoms. The number of methoxy groups -OCH3 is 1. The lowest BCUT2D eigenvalue weighted by molar-refractivity contribution is -0.143. The molecule has 9 heteroatoms. The summed E-state index contributed by atoms with van der Waals surface area (Å²) in [5.41, 5.74) is 11.3. The smallest absolute Gasteiger partial charge is 0.307 e. The van der Waals surface area contributed by atoms with Gasteiger partial charge in [-0.25, -0.2) is 0 Å². The fourth-order valence-electron chi connectivity index (χ4n) is 2.64. The van der Waals surface area contributed by atoms with Crippen LogP contribution in [-0.4, -0.2) is 47.4 Å². The number of aryl methyl sites for hydroxylation is 1. The van der Waals surface area contributed by atoms with Crippen LogP contribution in [0.2, 0.25) is 0 Å². The topological polar surface area (TPSA) is 162 Å². The highest BCUT2D eigenvalue weighted by atomic mass is 16.5. The van der Waals surface area contributed by atoms with Gasteiger partial charge in [-0.2, -0.15) is 0 Å². The Morgan fingerprint density at radius 3 is 2.36 bits per heavy atom. The average molecular weight is 394 g/mol. The largest absolute Gasteiger partial charge is 0.481 e. The zero-order chi connectivity index (χ0) is 22.2. The summed E-state index contributed by atoms with van der Waals surface area (Å²) in [4.78, 5) is 48.6. The number of carbonyl (C=O) groups is 4. The van der Waals surface area contributed by atoms with Crippen molar-refractivity contribution in [3.8, 4) is 0 Å². The van der Waals surface area contributed by atoms with Crippen molar-refractivity contribution in [2.24, 2.45) is 11.5 Å². The molecule has 0 aliphatic heterocycles. The van der Waals surface area contributed by atoms with Gasteiger partial charge in [-0.05, 0) is 18.9 Å². The molecule has 0 radical (unpaired) electrons. The van der Waals surface area contributed by atoms with E-state index in [2.05, 4.69) is 15.2 Å². The van der Waals surface area contributed by atoms with Gasteiger partial charge >= 0.3 is 11.9 Å². The number of rotatable bonds is 10. The summed E-state index contributed by atoms with van der Waals surface area (Å²) in [5.74, 6) is -3.29. The minimum Gasteiger partial charge on any atom is -0.481 e. The van der Waals surface area contributed by atoms with Crippen LogP contribution >= 0.6 is 0 Å². The van der Waals surface area contributed by atoms with E-state index in [9.17, 15) is 19.2 Å². The molecule has 0 heterocycles. The molecule has 6 N–H and O–H groups in total. The molecule has 0 saturated carbocycles. The fourth-order valence-corrected chi connectivity index (χ4v) is 2.64. The standard InChI is InChI=1S/C19H27N3O6/c1-4-19(21,17(26)13(20)9-15(23)24)18(27)22-14(10-16(25)28-3)12-7-5-11(2)6-8-12/h5-8,13-14H,4,9-10,20-21H2,1-3H3,(H,22,27)(H,23,24)/t13-,14?,19?/m0/s1/i/hD. The van der Waals surface area contributed by atoms with Crippen LogP contribution in [0.3, 0.4) is 0 Å². The van der Waals surface area contributed by atoms with Gasteiger partial charge in [0.05, 0.1) is 32.0 Å². The van der Waals surface area contributed by atoms with Crippen LogP contribution in [0.15, 0.2) is 24.3 Å². The summed E-state index contributed by atoms with van der Waals surface area (Å²) in [7, 11) is 1.23. The average Bonchev–Trinajstić information content (AvgIpc) is 2.71. The highest BCUT2D eigenvalue weighted by Gasteiger charge is 2.44. The van der Waals surface area contributed by atoms with Crippen LogP contribution in [0.5, 0.6) is 0 Å². The number of ether oxygens (including phenoxy) is 1. The number of ketones is 1. The normalized spacial score (nSPS) is 15.4. The van der Waals surface area contributed by atoms with Crippen molar-refractivity contribution in [1.82, 2.24) is 5.32 Å². The lowest BCUT2D eigenvalue weighted by Crippen LogP contribution is -2.64. The molecule has 0 aliphatic carbocycles. The molecule has 154 valence electrons. The van der Waals surface area contributed by atoms with Crippen LogP contribution in [0.25, 0.3) is 1.43 Å². The third-order valence-electron chi connectivity index (χ3n) is 4.51. The van der Waals surface area contributed by atoms with Crippen LogP contribution in [-0.2, 0) is 23.9 Å². The summed E-state index contributed by atoms with van der Waals surface area (Å²) in [6.07, 6.45) is -0.852. The summed E-state index contributed by atoms with van der Waals surface area (Å²) >= 11 is 0. The van der Waals surface area contributed by atoms with Crippen LogP contribution in [0, 0.1) is 6.92 Å². The number of Topliss-reactive ketones (excluding diaryl/α,β-unsaturated/α-hetero) is 1. The minimum atomic E-state index is -2.03. The van der Waals surface area contributed by atoms with Crippen molar-refractivity contribution in [3.05, 3.63) is 35.4 Å². The molecule has 3 atom stereocenters. The monoisotopic (exact) mass is 394 g/mol. The Labute approximate surface area is 164 Å². The Hall–Kier alpha value is -2.78. The number of aliphatic carboxylic acids is 1. The maximum Gasteiger partial charge on any atom is 0.307 e. The molecule has 28 heavy (non-hydrogen) atoms. The van der Waals surface area contributed by atoms with Gasteiger partial charge in [-0.3, -0.25) is 19.2 Å². The van der Waals surface area contributed by atoms with E-state index in [1.165, 1.54) is 14.0 Å². The molecule has 0 spiro atoms. The lowest BCUT2D eigenvalue weighted by Gasteiger charge is -2.30. The van der Waals surface area contributed by atoms with Crippen molar-refractivity contribution in [3.63, 3.8) is 0 Å². The molecule has 0 saturated heterocycles. The summed E-state index contributed by atoms with van der Waals surface area (Å²) < 4.78 is 11.2. The Balaban J connectivity index is 3.10. The van der Waals surface area contributed by atoms with Gasteiger partial charge in [0.1, 0.15) is 0 Å². The number of carbonyl (C=O) groups excluding carboxylic acids is 3. The summed E-state index contributed by atoms with van der Waals surface area (Å²) in [6.45, 7) is 3.41. The first kappa shape index (κ1) is 21.5. The Morgan fingerprint density at radius 2 is 1.86 bits per heavy atom. The molecule has 9 nitrogen and oxygen atoms in total. The summed E-state index contributed by atoms with van der Waals surface area (Å²) in [5, 5.41) is 6.37. The SMILES string of the molecule is [2H]OC(=O)C[C@H](N)C(=O)C(N)(CC)C(=O)NC(CC(=O)OC)c1ccc(C)cc1. The predicted molar refractivity (Wildman–Crippen MR) is 101 cm³/mol. The van der Waals surface area contributed by atoms with E-state index in [-0.39, 0.29) is 12.8 Å². The van der Waals surface area contributed by atoms with Crippen molar-refractivity contribution in [2.45, 2.75) is 50.7 Å². The molecule has 1 aromatic rings. The van der Waals surface area contributed by atoms with Crippen LogP contribution in [0.4, 0.5) is 0 Å². The molecule has 1 aromatic carbocycles. The number of carboxylic acids is 1. The number of esters is 1. The second-order valence-corrected chi connectivity index (χ2v) is 6.59. The molecule has 0 aromatic heterocycles. The molecule has 2 unspecified atom stereocenters. The zero-order valence-corrected chi connectivity index (χ0v) is 16.2. The second-order valence-electron chi connectivity index (χ2n) is 6.59. The maximum absolute atomic E-state index is 12.9. The van der Waals surface area contributed by atoms with Gasteiger partial charge < -0.3 is 26.6 Å². The van der Waals surface area contributed by atoms with Crippen LogP contribution in [0.1, 0.15) is 43.4 Å². The van der Waals surface area contributed by atoms with E-state index in [1.54, 1.807) is 12.1 Å². The maximum atomic E-state index is 12.9. The number of nitrogens with two attached hydrogens (primary N) is 2. The van der Waals surface area contributed by atoms with Gasteiger partial charge in [0.25, 0.3) is 1.43 Å². The summed E-state index contributed by atoms with van der Waals surface area (Å²) in [6, 6.07) is 4.91. The lowest BCUT2D eigenvalue weighted by atomic mass is 9.85. The molecule has 0 fully saturated rings. The molecular formula is C19H27N3O6.